The molecule has 1 atom stereocenters. The quantitative estimate of drug-likeness (QED) is 0.586. The van der Waals surface area contributed by atoms with E-state index in [4.69, 9.17) is 4.74 Å². The number of aryl methyl sites for hydroxylation is 1. The number of carbonyl (C=O) groups excluding carboxylic acids is 1. The maximum Gasteiger partial charge on any atom is 0.326 e. The van der Waals surface area contributed by atoms with Gasteiger partial charge in [-0.15, -0.1) is 0 Å². The first-order valence-electron chi connectivity index (χ1n) is 6.43. The van der Waals surface area contributed by atoms with E-state index < -0.39 is 5.54 Å². The van der Waals surface area contributed by atoms with Crippen LogP contribution in [0.3, 0.4) is 0 Å². The second-order valence-electron chi connectivity index (χ2n) is 4.20. The van der Waals surface area contributed by atoms with E-state index in [2.05, 4.69) is 14.7 Å². The van der Waals surface area contributed by atoms with Gasteiger partial charge in [-0.2, -0.15) is 4.37 Å². The van der Waals surface area contributed by atoms with E-state index >= 15 is 0 Å². The average Bonchev–Trinajstić information content (AvgIpc) is 2.85. The summed E-state index contributed by atoms with van der Waals surface area (Å²) in [5, 5.41) is 3.20. The molecule has 0 aliphatic carbocycles. The summed E-state index contributed by atoms with van der Waals surface area (Å²) in [4.78, 5) is 16.4. The van der Waals surface area contributed by atoms with Crippen LogP contribution in [0.1, 0.15) is 33.5 Å². The highest BCUT2D eigenvalue weighted by Gasteiger charge is 2.34. The monoisotopic (exact) mass is 303 g/mol. The molecular formula is C12H21N3O2S2. The highest BCUT2D eigenvalue weighted by Crippen LogP contribution is 2.25. The van der Waals surface area contributed by atoms with Crippen LogP contribution in [0.2, 0.25) is 0 Å². The minimum atomic E-state index is -0.687. The lowest BCUT2D eigenvalue weighted by Crippen LogP contribution is -2.52. The smallest absolute Gasteiger partial charge is 0.326 e. The number of hydrogen-bond donors (Lipinski definition) is 1. The molecule has 0 saturated heterocycles. The topological polar surface area (TPSA) is 64.1 Å². The van der Waals surface area contributed by atoms with Crippen LogP contribution in [0.25, 0.3) is 0 Å². The van der Waals surface area contributed by atoms with Crippen molar-refractivity contribution in [3.63, 3.8) is 0 Å². The maximum absolute atomic E-state index is 12.0. The fraction of sp³-hybridized carbons (Fsp3) is 0.750. The van der Waals surface area contributed by atoms with Crippen LogP contribution in [0.4, 0.5) is 0 Å². The Balaban J connectivity index is 2.64. The van der Waals surface area contributed by atoms with Crippen molar-refractivity contribution in [1.29, 1.82) is 0 Å². The molecule has 1 heterocycles. The number of esters is 1. The molecule has 1 aromatic rings. The van der Waals surface area contributed by atoms with Gasteiger partial charge in [-0.25, -0.2) is 4.98 Å². The van der Waals surface area contributed by atoms with Crippen molar-refractivity contribution in [3.05, 3.63) is 5.82 Å². The number of rotatable bonds is 8. The Morgan fingerprint density at radius 1 is 1.47 bits per heavy atom. The SMILES string of the molecule is CCNC(C)(CSc1nc(CC)ns1)C(=O)OCC. The van der Waals surface area contributed by atoms with Crippen LogP contribution in [0.15, 0.2) is 4.34 Å². The molecule has 0 fully saturated rings. The van der Waals surface area contributed by atoms with Gasteiger partial charge in [0.1, 0.15) is 11.4 Å². The minimum Gasteiger partial charge on any atom is -0.465 e. The molecule has 108 valence electrons. The standard InChI is InChI=1S/C12H21N3O2S2/c1-5-9-14-11(19-15-9)18-8-12(4,13-6-2)10(16)17-7-3/h13H,5-8H2,1-4H3. The molecule has 0 spiro atoms. The Morgan fingerprint density at radius 3 is 2.74 bits per heavy atom. The number of thioether (sulfide) groups is 1. The van der Waals surface area contributed by atoms with Crippen molar-refractivity contribution in [2.24, 2.45) is 0 Å². The lowest BCUT2D eigenvalue weighted by Gasteiger charge is -2.27. The molecule has 1 rings (SSSR count). The predicted octanol–water partition coefficient (Wildman–Crippen LogP) is 2.12. The fourth-order valence-electron chi connectivity index (χ4n) is 1.51. The molecule has 0 aliphatic rings. The van der Waals surface area contributed by atoms with Crippen LogP contribution < -0.4 is 5.32 Å². The maximum atomic E-state index is 12.0. The Labute approximate surface area is 122 Å². The lowest BCUT2D eigenvalue weighted by molar-refractivity contribution is -0.149. The second kappa shape index (κ2) is 7.81. The highest BCUT2D eigenvalue weighted by atomic mass is 32.2. The third-order valence-corrected chi connectivity index (χ3v) is 4.73. The van der Waals surface area contributed by atoms with Gasteiger partial charge in [-0.3, -0.25) is 4.79 Å². The molecule has 0 saturated carbocycles. The number of carbonyl (C=O) groups is 1. The molecule has 1 aromatic heterocycles. The third-order valence-electron chi connectivity index (χ3n) is 2.54. The highest BCUT2D eigenvalue weighted by molar-refractivity contribution is 8.01. The summed E-state index contributed by atoms with van der Waals surface area (Å²) >= 11 is 2.92. The van der Waals surface area contributed by atoms with Gasteiger partial charge in [0.2, 0.25) is 0 Å². The van der Waals surface area contributed by atoms with E-state index in [0.717, 1.165) is 16.6 Å². The normalized spacial score (nSPS) is 14.1. The zero-order chi connectivity index (χ0) is 14.3. The van der Waals surface area contributed by atoms with Crippen LogP contribution >= 0.6 is 23.3 Å². The van der Waals surface area contributed by atoms with Crippen molar-refractivity contribution in [2.75, 3.05) is 18.9 Å². The van der Waals surface area contributed by atoms with Crippen molar-refractivity contribution < 1.29 is 9.53 Å². The molecule has 0 amide bonds. The summed E-state index contributed by atoms with van der Waals surface area (Å²) in [6, 6.07) is 0. The van der Waals surface area contributed by atoms with Gasteiger partial charge in [0.25, 0.3) is 0 Å². The molecule has 0 aliphatic heterocycles. The number of likely N-dealkylation sites (N-methyl/N-ethyl adjacent to an activating group) is 1. The Hall–Kier alpha value is -0.660. The molecule has 1 unspecified atom stereocenters. The summed E-state index contributed by atoms with van der Waals surface area (Å²) in [5.74, 6) is 1.22. The molecule has 0 radical (unpaired) electrons. The van der Waals surface area contributed by atoms with E-state index in [1.165, 1.54) is 23.3 Å². The number of nitrogens with zero attached hydrogens (tertiary/aromatic N) is 2. The van der Waals surface area contributed by atoms with Gasteiger partial charge in [0.15, 0.2) is 4.34 Å². The summed E-state index contributed by atoms with van der Waals surface area (Å²) in [7, 11) is 0. The zero-order valence-electron chi connectivity index (χ0n) is 11.9. The van der Waals surface area contributed by atoms with Crippen molar-refractivity contribution in [1.82, 2.24) is 14.7 Å². The summed E-state index contributed by atoms with van der Waals surface area (Å²) < 4.78 is 10.3. The summed E-state index contributed by atoms with van der Waals surface area (Å²) in [6.45, 7) is 8.79. The lowest BCUT2D eigenvalue weighted by atomic mass is 10.1. The van der Waals surface area contributed by atoms with Crippen molar-refractivity contribution >= 4 is 29.3 Å². The Bertz CT molecular complexity index is 411. The van der Waals surface area contributed by atoms with E-state index in [0.29, 0.717) is 18.9 Å². The Kier molecular flexibility index (Phi) is 6.74. The van der Waals surface area contributed by atoms with Gasteiger partial charge >= 0.3 is 5.97 Å². The number of ether oxygens (including phenoxy) is 1. The van der Waals surface area contributed by atoms with Crippen molar-refractivity contribution in [2.45, 2.75) is 44.0 Å². The van der Waals surface area contributed by atoms with E-state index in [1.54, 1.807) is 0 Å². The molecule has 5 nitrogen and oxygen atoms in total. The molecule has 19 heavy (non-hydrogen) atoms. The summed E-state index contributed by atoms with van der Waals surface area (Å²) in [6.07, 6.45) is 0.833. The first-order chi connectivity index (χ1) is 9.05. The van der Waals surface area contributed by atoms with Crippen LogP contribution in [0, 0.1) is 0 Å². The van der Waals surface area contributed by atoms with E-state index in [-0.39, 0.29) is 5.97 Å². The van der Waals surface area contributed by atoms with E-state index in [1.807, 2.05) is 27.7 Å². The molecule has 0 aromatic carbocycles. The van der Waals surface area contributed by atoms with Crippen molar-refractivity contribution in [3.8, 4) is 0 Å². The molecule has 1 N–H and O–H groups in total. The first kappa shape index (κ1) is 16.4. The zero-order valence-corrected chi connectivity index (χ0v) is 13.5. The number of aromatic nitrogens is 2. The largest absolute Gasteiger partial charge is 0.465 e. The summed E-state index contributed by atoms with van der Waals surface area (Å²) in [5.41, 5.74) is -0.687. The van der Waals surface area contributed by atoms with Gasteiger partial charge in [0.05, 0.1) is 6.61 Å². The molecule has 7 heteroatoms. The number of nitrogens with one attached hydrogen (secondary N) is 1. The minimum absolute atomic E-state index is 0.218. The fourth-order valence-corrected chi connectivity index (χ4v) is 3.31. The average molecular weight is 303 g/mol. The van der Waals surface area contributed by atoms with Gasteiger partial charge < -0.3 is 10.1 Å². The Morgan fingerprint density at radius 2 is 2.21 bits per heavy atom. The van der Waals surface area contributed by atoms with Gasteiger partial charge in [0, 0.05) is 12.2 Å². The third kappa shape index (κ3) is 4.74. The second-order valence-corrected chi connectivity index (χ2v) is 6.18. The van der Waals surface area contributed by atoms with Gasteiger partial charge in [-0.05, 0) is 31.9 Å². The van der Waals surface area contributed by atoms with Crippen LogP contribution in [-0.2, 0) is 16.0 Å². The van der Waals surface area contributed by atoms with Gasteiger partial charge in [-0.1, -0.05) is 25.6 Å². The molecule has 0 bridgehead atoms. The number of hydrogen-bond acceptors (Lipinski definition) is 7. The molecular weight excluding hydrogens is 282 g/mol. The van der Waals surface area contributed by atoms with Crippen LogP contribution in [0.5, 0.6) is 0 Å². The van der Waals surface area contributed by atoms with Crippen LogP contribution in [-0.4, -0.2) is 39.8 Å². The first-order valence-corrected chi connectivity index (χ1v) is 8.19. The predicted molar refractivity (Wildman–Crippen MR) is 78.7 cm³/mol. The van der Waals surface area contributed by atoms with E-state index in [9.17, 15) is 4.79 Å².